The monoisotopic (exact) mass is 322 g/mol. The van der Waals surface area contributed by atoms with Crippen molar-refractivity contribution in [3.63, 3.8) is 0 Å². The molecule has 0 spiro atoms. The summed E-state index contributed by atoms with van der Waals surface area (Å²) >= 11 is 0. The Morgan fingerprint density at radius 3 is 2.70 bits per heavy atom. The Balaban J connectivity index is 1.56. The highest BCUT2D eigenvalue weighted by molar-refractivity contribution is 5.80. The van der Waals surface area contributed by atoms with Crippen molar-refractivity contribution in [3.05, 3.63) is 0 Å². The maximum Gasteiger partial charge on any atom is 0.191 e. The Bertz CT molecular complexity index is 439. The molecule has 2 saturated heterocycles. The molecule has 5 unspecified atom stereocenters. The van der Waals surface area contributed by atoms with Crippen LogP contribution in [0.5, 0.6) is 0 Å². The first-order valence-electron chi connectivity index (χ1n) is 9.32. The summed E-state index contributed by atoms with van der Waals surface area (Å²) < 4.78 is 5.94. The van der Waals surface area contributed by atoms with Gasteiger partial charge in [-0.05, 0) is 52.1 Å². The van der Waals surface area contributed by atoms with Gasteiger partial charge in [-0.1, -0.05) is 19.8 Å². The molecule has 5 atom stereocenters. The molecule has 3 fully saturated rings. The van der Waals surface area contributed by atoms with Gasteiger partial charge in [0.25, 0.3) is 0 Å². The summed E-state index contributed by atoms with van der Waals surface area (Å²) in [6, 6.07) is 0.431. The van der Waals surface area contributed by atoms with Gasteiger partial charge < -0.3 is 20.3 Å². The predicted molar refractivity (Wildman–Crippen MR) is 94.8 cm³/mol. The van der Waals surface area contributed by atoms with Crippen LogP contribution in [0.3, 0.4) is 0 Å². The van der Waals surface area contributed by atoms with Crippen molar-refractivity contribution in [3.8, 4) is 0 Å². The summed E-state index contributed by atoms with van der Waals surface area (Å²) in [6.45, 7) is 3.35. The number of fused-ring (bicyclic) bond motifs is 2. The summed E-state index contributed by atoms with van der Waals surface area (Å²) in [5, 5.41) is 7.21. The van der Waals surface area contributed by atoms with Gasteiger partial charge in [0.15, 0.2) is 5.96 Å². The topological polar surface area (TPSA) is 48.9 Å². The summed E-state index contributed by atoms with van der Waals surface area (Å²) in [5.74, 6) is 1.74. The molecule has 2 aliphatic heterocycles. The van der Waals surface area contributed by atoms with Gasteiger partial charge in [-0.3, -0.25) is 4.99 Å². The highest BCUT2D eigenvalue weighted by atomic mass is 16.5. The Hall–Kier alpha value is -0.810. The molecule has 2 N–H and O–H groups in total. The van der Waals surface area contributed by atoms with Crippen LogP contribution in [0.15, 0.2) is 4.99 Å². The first kappa shape index (κ1) is 17.0. The van der Waals surface area contributed by atoms with E-state index in [1.165, 1.54) is 38.5 Å². The summed E-state index contributed by atoms with van der Waals surface area (Å²) in [6.07, 6.45) is 9.64. The zero-order chi connectivity index (χ0) is 16.4. The standard InChI is InChI=1S/C18H34N4O/c1-13-6-5-9-18(11-13,22(3)4)12-20-17(19-2)21-15-10-14-7-8-16(15)23-14/h13-16H,5-12H2,1-4H3,(H2,19,20,21). The Morgan fingerprint density at radius 1 is 1.30 bits per heavy atom. The molecule has 1 aliphatic carbocycles. The van der Waals surface area contributed by atoms with Crippen LogP contribution in [0.25, 0.3) is 0 Å². The van der Waals surface area contributed by atoms with Crippen LogP contribution < -0.4 is 10.6 Å². The second-order valence-electron chi connectivity index (χ2n) is 8.11. The van der Waals surface area contributed by atoms with E-state index in [0.717, 1.165) is 24.8 Å². The number of hydrogen-bond acceptors (Lipinski definition) is 3. The normalized spacial score (nSPS) is 40.7. The van der Waals surface area contributed by atoms with E-state index in [1.807, 2.05) is 7.05 Å². The first-order chi connectivity index (χ1) is 11.0. The lowest BCUT2D eigenvalue weighted by molar-refractivity contribution is 0.0793. The molecule has 23 heavy (non-hydrogen) atoms. The fourth-order valence-corrected chi connectivity index (χ4v) is 4.77. The number of aliphatic imine (C=N–C) groups is 1. The maximum atomic E-state index is 5.94. The molecular weight excluding hydrogens is 288 g/mol. The van der Waals surface area contributed by atoms with Crippen LogP contribution in [-0.2, 0) is 4.74 Å². The molecule has 3 rings (SSSR count). The van der Waals surface area contributed by atoms with E-state index in [4.69, 9.17) is 4.74 Å². The lowest BCUT2D eigenvalue weighted by atomic mass is 9.75. The van der Waals surface area contributed by atoms with Crippen molar-refractivity contribution in [1.29, 1.82) is 0 Å². The second-order valence-corrected chi connectivity index (χ2v) is 8.11. The van der Waals surface area contributed by atoms with Crippen LogP contribution >= 0.6 is 0 Å². The summed E-state index contributed by atoms with van der Waals surface area (Å²) in [4.78, 5) is 6.87. The molecule has 0 aromatic rings. The van der Waals surface area contributed by atoms with Crippen molar-refractivity contribution in [2.45, 2.75) is 75.7 Å². The summed E-state index contributed by atoms with van der Waals surface area (Å²) in [7, 11) is 6.31. The van der Waals surface area contributed by atoms with E-state index in [2.05, 4.69) is 41.5 Å². The zero-order valence-electron chi connectivity index (χ0n) is 15.3. The third kappa shape index (κ3) is 3.66. The molecule has 1 saturated carbocycles. The first-order valence-corrected chi connectivity index (χ1v) is 9.32. The largest absolute Gasteiger partial charge is 0.373 e. The number of guanidine groups is 1. The highest BCUT2D eigenvalue weighted by Gasteiger charge is 2.41. The molecule has 2 bridgehead atoms. The van der Waals surface area contributed by atoms with E-state index >= 15 is 0 Å². The zero-order valence-corrected chi connectivity index (χ0v) is 15.3. The minimum Gasteiger partial charge on any atom is -0.373 e. The van der Waals surface area contributed by atoms with Gasteiger partial charge in [0, 0.05) is 19.1 Å². The molecule has 0 radical (unpaired) electrons. The number of hydrogen-bond donors (Lipinski definition) is 2. The number of likely N-dealkylation sites (N-methyl/N-ethyl adjacent to an activating group) is 1. The molecule has 132 valence electrons. The van der Waals surface area contributed by atoms with Crippen molar-refractivity contribution >= 4 is 5.96 Å². The van der Waals surface area contributed by atoms with Crippen LogP contribution in [0.4, 0.5) is 0 Å². The maximum absolute atomic E-state index is 5.94. The van der Waals surface area contributed by atoms with Crippen molar-refractivity contribution in [1.82, 2.24) is 15.5 Å². The van der Waals surface area contributed by atoms with Crippen LogP contribution in [0.2, 0.25) is 0 Å². The molecule has 5 nitrogen and oxygen atoms in total. The fourth-order valence-electron chi connectivity index (χ4n) is 4.77. The van der Waals surface area contributed by atoms with Gasteiger partial charge in [-0.15, -0.1) is 0 Å². The van der Waals surface area contributed by atoms with E-state index in [-0.39, 0.29) is 5.54 Å². The smallest absolute Gasteiger partial charge is 0.191 e. The minimum absolute atomic E-state index is 0.250. The van der Waals surface area contributed by atoms with Gasteiger partial charge in [0.1, 0.15) is 0 Å². The average Bonchev–Trinajstić information content (AvgIpc) is 3.14. The molecule has 0 amide bonds. The molecule has 2 heterocycles. The van der Waals surface area contributed by atoms with Crippen LogP contribution in [0, 0.1) is 5.92 Å². The summed E-state index contributed by atoms with van der Waals surface area (Å²) in [5.41, 5.74) is 0.250. The lowest BCUT2D eigenvalue weighted by Gasteiger charge is -2.45. The van der Waals surface area contributed by atoms with Crippen LogP contribution in [-0.4, -0.2) is 62.3 Å². The molecular formula is C18H34N4O. The molecule has 3 aliphatic rings. The Morgan fingerprint density at radius 2 is 2.13 bits per heavy atom. The van der Waals surface area contributed by atoms with Gasteiger partial charge >= 0.3 is 0 Å². The van der Waals surface area contributed by atoms with Gasteiger partial charge in [0.2, 0.25) is 0 Å². The number of nitrogens with zero attached hydrogens (tertiary/aromatic N) is 2. The van der Waals surface area contributed by atoms with Crippen molar-refractivity contribution in [2.24, 2.45) is 10.9 Å². The highest BCUT2D eigenvalue weighted by Crippen LogP contribution is 2.36. The Kier molecular flexibility index (Phi) is 5.16. The average molecular weight is 322 g/mol. The molecule has 5 heteroatoms. The van der Waals surface area contributed by atoms with Gasteiger partial charge in [-0.2, -0.15) is 0 Å². The molecule has 0 aromatic carbocycles. The van der Waals surface area contributed by atoms with E-state index in [0.29, 0.717) is 18.2 Å². The predicted octanol–water partition coefficient (Wildman–Crippen LogP) is 1.98. The van der Waals surface area contributed by atoms with Gasteiger partial charge in [0.05, 0.1) is 18.2 Å². The quantitative estimate of drug-likeness (QED) is 0.614. The number of ether oxygens (including phenoxy) is 1. The van der Waals surface area contributed by atoms with E-state index in [1.54, 1.807) is 0 Å². The minimum atomic E-state index is 0.250. The number of nitrogens with one attached hydrogen (secondary N) is 2. The third-order valence-electron chi connectivity index (χ3n) is 6.25. The SMILES string of the molecule is CN=C(NCC1(N(C)C)CCCC(C)C1)NC1CC2CCC1O2. The number of rotatable bonds is 4. The van der Waals surface area contributed by atoms with E-state index in [9.17, 15) is 0 Å². The fraction of sp³-hybridized carbons (Fsp3) is 0.944. The Labute approximate surface area is 141 Å². The van der Waals surface area contributed by atoms with Gasteiger partial charge in [-0.25, -0.2) is 0 Å². The van der Waals surface area contributed by atoms with Crippen molar-refractivity contribution in [2.75, 3.05) is 27.7 Å². The second kappa shape index (κ2) is 6.98. The third-order valence-corrected chi connectivity index (χ3v) is 6.25. The van der Waals surface area contributed by atoms with Crippen molar-refractivity contribution < 1.29 is 4.74 Å². The molecule has 0 aromatic heterocycles. The lowest BCUT2D eigenvalue weighted by Crippen LogP contribution is -2.57. The van der Waals surface area contributed by atoms with Crippen LogP contribution in [0.1, 0.15) is 51.9 Å². The van der Waals surface area contributed by atoms with E-state index < -0.39 is 0 Å².